The number of nitrogens with one attached hydrogen (secondary N) is 2. The maximum atomic E-state index is 13.7. The average molecular weight is 327 g/mol. The number of carbonyl (C=O) groups excluding carboxylic acids is 1. The summed E-state index contributed by atoms with van der Waals surface area (Å²) in [6, 6.07) is 12.3. The number of nitrogens with zero attached hydrogens (tertiary/aromatic N) is 1. The van der Waals surface area contributed by atoms with Gasteiger partial charge in [-0.15, -0.1) is 0 Å². The largest absolute Gasteiger partial charge is 0.494 e. The van der Waals surface area contributed by atoms with Crippen molar-refractivity contribution in [1.82, 2.24) is 5.43 Å². The minimum absolute atomic E-state index is 0.0638. The fourth-order valence-corrected chi connectivity index (χ4v) is 2.64. The summed E-state index contributed by atoms with van der Waals surface area (Å²) in [4.78, 5) is 11.3. The molecule has 6 heteroatoms. The van der Waals surface area contributed by atoms with Crippen LogP contribution in [0, 0.1) is 11.7 Å². The lowest BCUT2D eigenvalue weighted by Gasteiger charge is -2.19. The lowest BCUT2D eigenvalue weighted by molar-refractivity contribution is -0.121. The Kier molecular flexibility index (Phi) is 4.46. The van der Waals surface area contributed by atoms with E-state index in [0.29, 0.717) is 12.1 Å². The van der Waals surface area contributed by atoms with Gasteiger partial charge in [0.25, 0.3) is 0 Å². The summed E-state index contributed by atoms with van der Waals surface area (Å²) in [6.45, 7) is 1.98. The molecule has 0 unspecified atom stereocenters. The van der Waals surface area contributed by atoms with Gasteiger partial charge in [-0.1, -0.05) is 19.1 Å². The van der Waals surface area contributed by atoms with Crippen molar-refractivity contribution in [3.63, 3.8) is 0 Å². The van der Waals surface area contributed by atoms with E-state index in [1.807, 2.05) is 31.2 Å². The molecule has 0 fully saturated rings. The second-order valence-corrected chi connectivity index (χ2v) is 5.69. The maximum Gasteiger partial charge on any atom is 0.240 e. The molecule has 0 spiro atoms. The molecule has 1 amide bonds. The highest BCUT2D eigenvalue weighted by molar-refractivity contribution is 6.05. The SMILES string of the molecule is COc1ccc(Nc2ccc(C3=NNC(=O)C[C@H]3C)cc2)cc1F. The summed E-state index contributed by atoms with van der Waals surface area (Å²) in [5.74, 6) is -0.193. The number of hydrogen-bond acceptors (Lipinski definition) is 4. The van der Waals surface area contributed by atoms with Crippen molar-refractivity contribution >= 4 is 23.0 Å². The van der Waals surface area contributed by atoms with Crippen molar-refractivity contribution in [2.45, 2.75) is 13.3 Å². The van der Waals surface area contributed by atoms with E-state index < -0.39 is 5.82 Å². The van der Waals surface area contributed by atoms with E-state index in [2.05, 4.69) is 15.8 Å². The minimum atomic E-state index is -0.416. The molecule has 2 aromatic rings. The van der Waals surface area contributed by atoms with Gasteiger partial charge in [0.1, 0.15) is 0 Å². The Balaban J connectivity index is 1.75. The van der Waals surface area contributed by atoms with Crippen molar-refractivity contribution in [3.05, 3.63) is 53.8 Å². The number of carbonyl (C=O) groups is 1. The fraction of sp³-hybridized carbons (Fsp3) is 0.222. The number of ether oxygens (including phenoxy) is 1. The molecule has 0 aliphatic carbocycles. The van der Waals surface area contributed by atoms with Crippen molar-refractivity contribution in [1.29, 1.82) is 0 Å². The molecule has 0 aromatic heterocycles. The van der Waals surface area contributed by atoms with Crippen LogP contribution in [0.2, 0.25) is 0 Å². The number of benzene rings is 2. The predicted octanol–water partition coefficient (Wildman–Crippen LogP) is 3.44. The Morgan fingerprint density at radius 2 is 1.92 bits per heavy atom. The van der Waals surface area contributed by atoms with Crippen LogP contribution in [0.15, 0.2) is 47.6 Å². The van der Waals surface area contributed by atoms with Crippen LogP contribution in [0.25, 0.3) is 0 Å². The van der Waals surface area contributed by atoms with Crippen LogP contribution in [0.3, 0.4) is 0 Å². The first-order valence-electron chi connectivity index (χ1n) is 7.64. The molecule has 2 N–H and O–H groups in total. The second-order valence-electron chi connectivity index (χ2n) is 5.69. The van der Waals surface area contributed by atoms with Gasteiger partial charge in [0, 0.05) is 29.8 Å². The van der Waals surface area contributed by atoms with Crippen molar-refractivity contribution < 1.29 is 13.9 Å². The van der Waals surface area contributed by atoms with Crippen LogP contribution in [0.1, 0.15) is 18.9 Å². The van der Waals surface area contributed by atoms with Crippen LogP contribution in [0.4, 0.5) is 15.8 Å². The Labute approximate surface area is 139 Å². The van der Waals surface area contributed by atoms with Gasteiger partial charge in [-0.25, -0.2) is 9.82 Å². The molecule has 1 aliphatic heterocycles. The smallest absolute Gasteiger partial charge is 0.240 e. The Hall–Kier alpha value is -2.89. The van der Waals surface area contributed by atoms with E-state index in [4.69, 9.17) is 4.74 Å². The summed E-state index contributed by atoms with van der Waals surface area (Å²) in [7, 11) is 1.43. The Morgan fingerprint density at radius 3 is 2.54 bits per heavy atom. The third kappa shape index (κ3) is 3.37. The summed E-state index contributed by atoms with van der Waals surface area (Å²) in [5, 5.41) is 7.28. The molecule has 0 saturated heterocycles. The van der Waals surface area contributed by atoms with Crippen LogP contribution in [-0.2, 0) is 4.79 Å². The number of rotatable bonds is 4. The average Bonchev–Trinajstić information content (AvgIpc) is 2.56. The number of amides is 1. The predicted molar refractivity (Wildman–Crippen MR) is 91.1 cm³/mol. The third-order valence-corrected chi connectivity index (χ3v) is 3.88. The van der Waals surface area contributed by atoms with Gasteiger partial charge < -0.3 is 10.1 Å². The molecule has 0 radical (unpaired) electrons. The molecule has 0 saturated carbocycles. The monoisotopic (exact) mass is 327 g/mol. The van der Waals surface area contributed by atoms with Gasteiger partial charge in [-0.3, -0.25) is 4.79 Å². The van der Waals surface area contributed by atoms with Gasteiger partial charge in [0.05, 0.1) is 12.8 Å². The zero-order chi connectivity index (χ0) is 17.1. The van der Waals surface area contributed by atoms with Gasteiger partial charge in [-0.05, 0) is 29.8 Å². The molecule has 1 aliphatic rings. The van der Waals surface area contributed by atoms with Crippen molar-refractivity contribution in [2.75, 3.05) is 12.4 Å². The first-order valence-corrected chi connectivity index (χ1v) is 7.64. The molecule has 1 atom stereocenters. The van der Waals surface area contributed by atoms with Crippen LogP contribution < -0.4 is 15.5 Å². The number of anilines is 2. The first kappa shape index (κ1) is 16.0. The molecule has 24 heavy (non-hydrogen) atoms. The summed E-state index contributed by atoms with van der Waals surface area (Å²) >= 11 is 0. The zero-order valence-electron chi connectivity index (χ0n) is 13.5. The van der Waals surface area contributed by atoms with Crippen LogP contribution in [0.5, 0.6) is 5.75 Å². The highest BCUT2D eigenvalue weighted by atomic mass is 19.1. The number of methoxy groups -OCH3 is 1. The molecule has 1 heterocycles. The summed E-state index contributed by atoms with van der Waals surface area (Å²) in [5.41, 5.74) is 5.79. The first-order chi connectivity index (χ1) is 11.6. The standard InChI is InChI=1S/C18H18FN3O2/c1-11-9-17(23)21-22-18(11)12-3-5-13(6-4-12)20-14-7-8-16(24-2)15(19)10-14/h3-8,10-11,20H,9H2,1-2H3,(H,21,23)/t11-/m1/s1. The van der Waals surface area contributed by atoms with E-state index >= 15 is 0 Å². The molecular weight excluding hydrogens is 309 g/mol. The Morgan fingerprint density at radius 1 is 1.21 bits per heavy atom. The van der Waals surface area contributed by atoms with Crippen LogP contribution >= 0.6 is 0 Å². The molecule has 0 bridgehead atoms. The van der Waals surface area contributed by atoms with E-state index in [-0.39, 0.29) is 17.6 Å². The number of hydrazone groups is 1. The highest BCUT2D eigenvalue weighted by Crippen LogP contribution is 2.24. The minimum Gasteiger partial charge on any atom is -0.494 e. The van der Waals surface area contributed by atoms with E-state index in [9.17, 15) is 9.18 Å². The summed E-state index contributed by atoms with van der Waals surface area (Å²) < 4.78 is 18.6. The van der Waals surface area contributed by atoms with Gasteiger partial charge >= 0.3 is 0 Å². The molecule has 2 aromatic carbocycles. The van der Waals surface area contributed by atoms with Crippen molar-refractivity contribution in [2.24, 2.45) is 11.0 Å². The zero-order valence-corrected chi connectivity index (χ0v) is 13.5. The fourth-order valence-electron chi connectivity index (χ4n) is 2.64. The second kappa shape index (κ2) is 6.70. The summed E-state index contributed by atoms with van der Waals surface area (Å²) in [6.07, 6.45) is 0.434. The van der Waals surface area contributed by atoms with E-state index in [1.165, 1.54) is 13.2 Å². The topological polar surface area (TPSA) is 62.7 Å². The Bertz CT molecular complexity index is 787. The lowest BCUT2D eigenvalue weighted by atomic mass is 9.94. The van der Waals surface area contributed by atoms with Gasteiger partial charge in [0.15, 0.2) is 11.6 Å². The third-order valence-electron chi connectivity index (χ3n) is 3.88. The molecule has 3 rings (SSSR count). The molecule has 5 nitrogen and oxygen atoms in total. The number of hydrogen-bond donors (Lipinski definition) is 2. The highest BCUT2D eigenvalue weighted by Gasteiger charge is 2.21. The van der Waals surface area contributed by atoms with E-state index in [0.717, 1.165) is 17.0 Å². The normalized spacial score (nSPS) is 17.0. The number of halogens is 1. The maximum absolute atomic E-state index is 13.7. The van der Waals surface area contributed by atoms with Gasteiger partial charge in [0.2, 0.25) is 5.91 Å². The quantitative estimate of drug-likeness (QED) is 0.904. The van der Waals surface area contributed by atoms with Gasteiger partial charge in [-0.2, -0.15) is 5.10 Å². The van der Waals surface area contributed by atoms with Crippen molar-refractivity contribution in [3.8, 4) is 5.75 Å². The van der Waals surface area contributed by atoms with Crippen LogP contribution in [-0.4, -0.2) is 18.7 Å². The molecular formula is C18H18FN3O2. The molecule has 124 valence electrons. The van der Waals surface area contributed by atoms with E-state index in [1.54, 1.807) is 12.1 Å². The lowest BCUT2D eigenvalue weighted by Crippen LogP contribution is -2.31.